The van der Waals surface area contributed by atoms with Crippen molar-refractivity contribution in [3.8, 4) is 11.5 Å². The fraction of sp³-hybridized carbons (Fsp3) is 0.273. The number of aryl methyl sites for hydroxylation is 1. The Morgan fingerprint density at radius 1 is 1.14 bits per heavy atom. The van der Waals surface area contributed by atoms with Crippen LogP contribution in [0.5, 0.6) is 0 Å². The molecule has 2 aliphatic rings. The highest BCUT2D eigenvalue weighted by Gasteiger charge is 2.44. The zero-order valence-electron chi connectivity index (χ0n) is 15.2. The van der Waals surface area contributed by atoms with Crippen LogP contribution in [0.4, 0.5) is 0 Å². The Balaban J connectivity index is 1.40. The second kappa shape index (κ2) is 6.76. The molecule has 1 saturated heterocycles. The average molecular weight is 395 g/mol. The van der Waals surface area contributed by atoms with Gasteiger partial charge in [0.25, 0.3) is 5.91 Å². The van der Waals surface area contributed by atoms with Crippen LogP contribution < -0.4 is 0 Å². The summed E-state index contributed by atoms with van der Waals surface area (Å²) in [5.41, 5.74) is 3.05. The normalized spacial score (nSPS) is 21.1. The lowest BCUT2D eigenvalue weighted by Gasteiger charge is -2.40. The zero-order chi connectivity index (χ0) is 19.1. The van der Waals surface area contributed by atoms with Gasteiger partial charge in [0.15, 0.2) is 5.69 Å². The largest absolute Gasteiger partial charge is 0.444 e. The number of benzene rings is 2. The van der Waals surface area contributed by atoms with Gasteiger partial charge in [0.05, 0.1) is 23.7 Å². The number of morpholine rings is 1. The summed E-state index contributed by atoms with van der Waals surface area (Å²) < 4.78 is 11.7. The first-order valence-electron chi connectivity index (χ1n) is 9.38. The molecule has 142 valence electrons. The molecular formula is C22H19ClN2O3. The van der Waals surface area contributed by atoms with Crippen molar-refractivity contribution < 1.29 is 13.9 Å². The second-order valence-electron chi connectivity index (χ2n) is 7.24. The molecule has 0 N–H and O–H groups in total. The number of amides is 1. The van der Waals surface area contributed by atoms with Crippen LogP contribution in [0.15, 0.2) is 59.2 Å². The highest BCUT2D eigenvalue weighted by Crippen LogP contribution is 2.42. The summed E-state index contributed by atoms with van der Waals surface area (Å²) in [6.45, 7) is 1.57. The van der Waals surface area contributed by atoms with Crippen molar-refractivity contribution in [3.05, 3.63) is 76.6 Å². The first-order valence-corrected chi connectivity index (χ1v) is 9.76. The third-order valence-electron chi connectivity index (χ3n) is 5.61. The minimum Gasteiger partial charge on any atom is -0.444 e. The van der Waals surface area contributed by atoms with Crippen molar-refractivity contribution in [2.75, 3.05) is 19.7 Å². The SMILES string of the molecule is O=C(c1coc(-c2ccccc2Cl)n1)N1CCOC2(CCc3ccccc32)C1. The Morgan fingerprint density at radius 2 is 1.96 bits per heavy atom. The summed E-state index contributed by atoms with van der Waals surface area (Å²) >= 11 is 6.21. The Hall–Kier alpha value is -2.63. The average Bonchev–Trinajstić information content (AvgIpc) is 3.34. The molecule has 1 aliphatic carbocycles. The predicted octanol–water partition coefficient (Wildman–Crippen LogP) is 4.31. The third kappa shape index (κ3) is 2.82. The van der Waals surface area contributed by atoms with Gasteiger partial charge < -0.3 is 14.1 Å². The monoisotopic (exact) mass is 394 g/mol. The minimum atomic E-state index is -0.417. The number of halogens is 1. The molecule has 5 nitrogen and oxygen atoms in total. The Labute approximate surface area is 167 Å². The van der Waals surface area contributed by atoms with Crippen LogP contribution in [0.1, 0.15) is 28.0 Å². The molecule has 1 aromatic heterocycles. The summed E-state index contributed by atoms with van der Waals surface area (Å²) in [6, 6.07) is 15.6. The van der Waals surface area contributed by atoms with Crippen LogP contribution in [0, 0.1) is 0 Å². The minimum absolute atomic E-state index is 0.144. The standard InChI is InChI=1S/C22H19ClN2O3/c23-18-8-4-2-6-16(18)20-24-19(13-27-20)21(26)25-11-12-28-22(14-25)10-9-15-5-1-3-7-17(15)22/h1-8,13H,9-12,14H2. The van der Waals surface area contributed by atoms with Crippen molar-refractivity contribution in [2.24, 2.45) is 0 Å². The maximum absolute atomic E-state index is 13.1. The molecule has 5 rings (SSSR count). The number of hydrogen-bond donors (Lipinski definition) is 0. The molecule has 1 unspecified atom stereocenters. The van der Waals surface area contributed by atoms with Crippen molar-refractivity contribution in [1.82, 2.24) is 9.88 Å². The summed E-state index contributed by atoms with van der Waals surface area (Å²) in [4.78, 5) is 19.3. The Morgan fingerprint density at radius 3 is 2.86 bits per heavy atom. The first-order chi connectivity index (χ1) is 13.7. The number of aromatic nitrogens is 1. The summed E-state index contributed by atoms with van der Waals surface area (Å²) in [7, 11) is 0. The van der Waals surface area contributed by atoms with Gasteiger partial charge in [0.2, 0.25) is 5.89 Å². The summed E-state index contributed by atoms with van der Waals surface area (Å²) in [5.74, 6) is 0.206. The number of nitrogens with zero attached hydrogens (tertiary/aromatic N) is 2. The molecule has 1 aliphatic heterocycles. The van der Waals surface area contributed by atoms with Gasteiger partial charge in [0, 0.05) is 6.54 Å². The molecule has 3 aromatic rings. The van der Waals surface area contributed by atoms with Crippen molar-refractivity contribution in [2.45, 2.75) is 18.4 Å². The van der Waals surface area contributed by atoms with Gasteiger partial charge in [0.1, 0.15) is 11.9 Å². The highest BCUT2D eigenvalue weighted by molar-refractivity contribution is 6.33. The molecule has 0 radical (unpaired) electrons. The van der Waals surface area contributed by atoms with Crippen LogP contribution >= 0.6 is 11.6 Å². The molecule has 0 bridgehead atoms. The van der Waals surface area contributed by atoms with Crippen LogP contribution in [-0.4, -0.2) is 35.5 Å². The lowest BCUT2D eigenvalue weighted by atomic mass is 9.93. The van der Waals surface area contributed by atoms with Crippen molar-refractivity contribution in [3.63, 3.8) is 0 Å². The fourth-order valence-electron chi connectivity index (χ4n) is 4.22. The van der Waals surface area contributed by atoms with E-state index >= 15 is 0 Å². The molecule has 6 heteroatoms. The van der Waals surface area contributed by atoms with Crippen molar-refractivity contribution >= 4 is 17.5 Å². The molecule has 28 heavy (non-hydrogen) atoms. The van der Waals surface area contributed by atoms with Gasteiger partial charge in [-0.25, -0.2) is 4.98 Å². The first kappa shape index (κ1) is 17.5. The molecular weight excluding hydrogens is 376 g/mol. The van der Waals surface area contributed by atoms with Crippen LogP contribution in [0.2, 0.25) is 5.02 Å². The number of rotatable bonds is 2. The van der Waals surface area contributed by atoms with E-state index in [4.69, 9.17) is 20.8 Å². The van der Waals surface area contributed by atoms with E-state index in [1.54, 1.807) is 6.07 Å². The second-order valence-corrected chi connectivity index (χ2v) is 7.65. The molecule has 0 saturated carbocycles. The van der Waals surface area contributed by atoms with E-state index in [0.29, 0.717) is 41.9 Å². The topological polar surface area (TPSA) is 55.6 Å². The van der Waals surface area contributed by atoms with E-state index < -0.39 is 5.60 Å². The number of hydrogen-bond acceptors (Lipinski definition) is 4. The molecule has 1 amide bonds. The number of fused-ring (bicyclic) bond motifs is 2. The van der Waals surface area contributed by atoms with Crippen LogP contribution in [0.25, 0.3) is 11.5 Å². The maximum Gasteiger partial charge on any atom is 0.276 e. The molecule has 1 spiro atoms. The third-order valence-corrected chi connectivity index (χ3v) is 5.94. The van der Waals surface area contributed by atoms with Crippen LogP contribution in [-0.2, 0) is 16.8 Å². The Kier molecular flexibility index (Phi) is 4.22. The zero-order valence-corrected chi connectivity index (χ0v) is 16.0. The van der Waals surface area contributed by atoms with Crippen molar-refractivity contribution in [1.29, 1.82) is 0 Å². The van der Waals surface area contributed by atoms with Crippen LogP contribution in [0.3, 0.4) is 0 Å². The van der Waals surface area contributed by atoms with E-state index in [-0.39, 0.29) is 5.91 Å². The summed E-state index contributed by atoms with van der Waals surface area (Å²) in [5, 5.41) is 0.538. The van der Waals surface area contributed by atoms with E-state index in [1.807, 2.05) is 29.2 Å². The van der Waals surface area contributed by atoms with E-state index in [0.717, 1.165) is 12.8 Å². The lowest BCUT2D eigenvalue weighted by molar-refractivity contribution is -0.104. The van der Waals surface area contributed by atoms with Gasteiger partial charge in [-0.15, -0.1) is 0 Å². The molecule has 1 atom stereocenters. The molecule has 2 aromatic carbocycles. The molecule has 2 heterocycles. The number of carbonyl (C=O) groups excluding carboxylic acids is 1. The maximum atomic E-state index is 13.1. The van der Waals surface area contributed by atoms with Gasteiger partial charge in [-0.1, -0.05) is 48.0 Å². The van der Waals surface area contributed by atoms with Gasteiger partial charge in [-0.05, 0) is 36.1 Å². The van der Waals surface area contributed by atoms with E-state index in [2.05, 4.69) is 23.2 Å². The number of oxazole rings is 1. The van der Waals surface area contributed by atoms with E-state index in [1.165, 1.54) is 17.4 Å². The number of ether oxygens (including phenoxy) is 1. The quantitative estimate of drug-likeness (QED) is 0.650. The Bertz CT molecular complexity index is 1040. The number of carbonyl (C=O) groups is 1. The lowest BCUT2D eigenvalue weighted by Crippen LogP contribution is -2.51. The van der Waals surface area contributed by atoms with Gasteiger partial charge >= 0.3 is 0 Å². The highest BCUT2D eigenvalue weighted by atomic mass is 35.5. The fourth-order valence-corrected chi connectivity index (χ4v) is 4.43. The van der Waals surface area contributed by atoms with E-state index in [9.17, 15) is 4.79 Å². The van der Waals surface area contributed by atoms with Gasteiger partial charge in [-0.2, -0.15) is 0 Å². The van der Waals surface area contributed by atoms with Gasteiger partial charge in [-0.3, -0.25) is 4.79 Å². The predicted molar refractivity (Wildman–Crippen MR) is 105 cm³/mol. The summed E-state index contributed by atoms with van der Waals surface area (Å²) in [6.07, 6.45) is 3.27. The molecule has 1 fully saturated rings. The smallest absolute Gasteiger partial charge is 0.276 e.